The van der Waals surface area contributed by atoms with Crippen LogP contribution in [0.25, 0.3) is 0 Å². The predicted octanol–water partition coefficient (Wildman–Crippen LogP) is 5.49. The van der Waals surface area contributed by atoms with Gasteiger partial charge in [-0.25, -0.2) is 0 Å². The zero-order valence-electron chi connectivity index (χ0n) is 26.3. The molecule has 0 radical (unpaired) electrons. The van der Waals surface area contributed by atoms with E-state index in [1.807, 2.05) is 0 Å². The Morgan fingerprint density at radius 1 is 0.897 bits per heavy atom. The minimum atomic E-state index is -0.792. The molecule has 5 fully saturated rings. The van der Waals surface area contributed by atoms with Gasteiger partial charge in [0, 0.05) is 11.4 Å². The van der Waals surface area contributed by atoms with Gasteiger partial charge in [-0.15, -0.1) is 0 Å². The molecule has 39 heavy (non-hydrogen) atoms. The Labute approximate surface area is 239 Å². The van der Waals surface area contributed by atoms with Crippen LogP contribution in [0.3, 0.4) is 0 Å². The van der Waals surface area contributed by atoms with Gasteiger partial charge in [-0.2, -0.15) is 0 Å². The van der Waals surface area contributed by atoms with Crippen LogP contribution in [0, 0.1) is 56.7 Å². The third kappa shape index (κ3) is 4.23. The number of piperidine rings is 1. The molecule has 1 heterocycles. The number of aliphatic hydroxyl groups is 1. The maximum atomic E-state index is 12.7. The Balaban J connectivity index is 0.000000455. The highest BCUT2D eigenvalue weighted by atomic mass is 16.4. The average molecular weight is 542 g/mol. The maximum Gasteiger partial charge on any atom is 0.0755 e. The molecule has 0 aromatic rings. The van der Waals surface area contributed by atoms with Gasteiger partial charge in [-0.3, -0.25) is 0 Å². The monoisotopic (exact) mass is 541 g/mol. The summed E-state index contributed by atoms with van der Waals surface area (Å²) in [6.45, 7) is 19.6. The largest absolute Gasteiger partial charge is 0.550 e. The number of aliphatic carboxylic acids is 1. The third-order valence-electron chi connectivity index (χ3n) is 14.7. The van der Waals surface area contributed by atoms with E-state index in [1.165, 1.54) is 50.8 Å². The van der Waals surface area contributed by atoms with E-state index >= 15 is 0 Å². The lowest BCUT2D eigenvalue weighted by Crippen LogP contribution is -2.85. The lowest BCUT2D eigenvalue weighted by Gasteiger charge is -2.71. The van der Waals surface area contributed by atoms with Gasteiger partial charge < -0.3 is 20.3 Å². The zero-order valence-corrected chi connectivity index (χ0v) is 26.3. The molecule has 4 saturated carbocycles. The van der Waals surface area contributed by atoms with E-state index in [2.05, 4.69) is 59.9 Å². The van der Waals surface area contributed by atoms with Crippen LogP contribution in [0.1, 0.15) is 126 Å². The minimum absolute atomic E-state index is 0.0385. The molecule has 6 rings (SSSR count). The molecule has 1 saturated heterocycles. The van der Waals surface area contributed by atoms with Crippen molar-refractivity contribution in [3.63, 3.8) is 0 Å². The molecule has 4 nitrogen and oxygen atoms in total. The summed E-state index contributed by atoms with van der Waals surface area (Å²) in [7, 11) is 0. The first-order valence-electron chi connectivity index (χ1n) is 16.7. The fraction of sp³-hybridized carbons (Fsp3) is 0.914. The first kappa shape index (κ1) is 29.6. The fourth-order valence-corrected chi connectivity index (χ4v) is 11.7. The molecule has 5 aliphatic carbocycles. The highest BCUT2D eigenvalue weighted by Crippen LogP contribution is 2.75. The van der Waals surface area contributed by atoms with E-state index in [1.54, 1.807) is 0 Å². The second kappa shape index (κ2) is 10.1. The Hall–Kier alpha value is -0.870. The van der Waals surface area contributed by atoms with Crippen LogP contribution in [-0.2, 0) is 4.79 Å². The third-order valence-corrected chi connectivity index (χ3v) is 14.7. The number of quaternary nitrogens is 1. The molecule has 0 aromatic heterocycles. The summed E-state index contributed by atoms with van der Waals surface area (Å²) in [4.78, 5) is 12.7. The standard InChI is InChI=1S/C30H48O3.C5H11N/c1-18-10-15-30(25(32)33)17-16-28(6)20(24(30)19(18)2)8-9-22-27(5)13-12-23(31)26(3,4)21(27)11-14-29(22,28)7;1-2-4-6-5-3-1/h8,18-19,21-24,31H,9-17H2,1-7H3,(H,32,33);6H,1-5H2/t18-,19+,21?,22?,23+,24+,27+,28-,29-,30+;/m1./s1. The van der Waals surface area contributed by atoms with Crippen molar-refractivity contribution in [2.45, 2.75) is 132 Å². The second-order valence-electron chi connectivity index (χ2n) is 16.4. The number of allylic oxidation sites excluding steroid dienone is 2. The smallest absolute Gasteiger partial charge is 0.0755 e. The second-order valence-corrected chi connectivity index (χ2v) is 16.4. The summed E-state index contributed by atoms with van der Waals surface area (Å²) < 4.78 is 0. The number of nitrogens with two attached hydrogens (primary N) is 1. The highest BCUT2D eigenvalue weighted by molar-refractivity contribution is 5.74. The number of carbonyl (C=O) groups is 1. The fourth-order valence-electron chi connectivity index (χ4n) is 11.7. The molecule has 0 aromatic carbocycles. The van der Waals surface area contributed by atoms with Crippen LogP contribution < -0.4 is 10.4 Å². The van der Waals surface area contributed by atoms with Gasteiger partial charge in [-0.1, -0.05) is 60.1 Å². The Morgan fingerprint density at radius 2 is 1.59 bits per heavy atom. The first-order valence-corrected chi connectivity index (χ1v) is 16.7. The summed E-state index contributed by atoms with van der Waals surface area (Å²) in [5.41, 5.74) is 1.24. The van der Waals surface area contributed by atoms with Gasteiger partial charge in [0.15, 0.2) is 0 Å². The summed E-state index contributed by atoms with van der Waals surface area (Å²) >= 11 is 0. The van der Waals surface area contributed by atoms with Crippen LogP contribution in [-0.4, -0.2) is 30.3 Å². The molecule has 6 aliphatic rings. The molecule has 4 heteroatoms. The van der Waals surface area contributed by atoms with E-state index in [4.69, 9.17) is 0 Å². The van der Waals surface area contributed by atoms with E-state index in [9.17, 15) is 15.0 Å². The van der Waals surface area contributed by atoms with Gasteiger partial charge in [0.2, 0.25) is 0 Å². The number of carboxylic acids is 1. The van der Waals surface area contributed by atoms with Crippen molar-refractivity contribution in [1.82, 2.24) is 0 Å². The molecule has 222 valence electrons. The lowest BCUT2D eigenvalue weighted by atomic mass is 9.33. The number of hydrogen-bond donors (Lipinski definition) is 2. The van der Waals surface area contributed by atoms with E-state index in [0.29, 0.717) is 23.7 Å². The number of carbonyl (C=O) groups excluding carboxylic acids is 1. The van der Waals surface area contributed by atoms with Gasteiger partial charge in [-0.05, 0) is 128 Å². The van der Waals surface area contributed by atoms with Gasteiger partial charge in [0.25, 0.3) is 0 Å². The number of rotatable bonds is 1. The SMILES string of the molecule is C1CC[NH2+]CC1.C[C@H]1[C@H](C)CC[C@]2(C(=O)[O-])CC[C@]3(C)C(=CCC4[C@@]5(C)CC[C@H](O)C(C)(C)C5CC[C@]43C)[C@H]12. The molecule has 0 amide bonds. The Kier molecular flexibility index (Phi) is 7.70. The summed E-state index contributed by atoms with van der Waals surface area (Å²) in [5, 5.41) is 26.0. The molecular formula is C35H59NO3. The van der Waals surface area contributed by atoms with Crippen molar-refractivity contribution in [3.05, 3.63) is 11.6 Å². The summed E-state index contributed by atoms with van der Waals surface area (Å²) in [6, 6.07) is 0. The summed E-state index contributed by atoms with van der Waals surface area (Å²) in [6.07, 6.45) is 15.7. The lowest BCUT2D eigenvalue weighted by molar-refractivity contribution is -0.662. The van der Waals surface area contributed by atoms with Crippen molar-refractivity contribution in [2.24, 2.45) is 56.7 Å². The molecule has 1 aliphatic heterocycles. The van der Waals surface area contributed by atoms with Crippen LogP contribution in [0.4, 0.5) is 0 Å². The summed E-state index contributed by atoms with van der Waals surface area (Å²) in [5.74, 6) is 1.42. The average Bonchev–Trinajstić information content (AvgIpc) is 2.90. The van der Waals surface area contributed by atoms with Gasteiger partial charge in [0.1, 0.15) is 0 Å². The molecule has 2 unspecified atom stereocenters. The van der Waals surface area contributed by atoms with Crippen molar-refractivity contribution in [3.8, 4) is 0 Å². The van der Waals surface area contributed by atoms with Crippen LogP contribution in [0.15, 0.2) is 11.6 Å². The van der Waals surface area contributed by atoms with E-state index < -0.39 is 11.4 Å². The van der Waals surface area contributed by atoms with Crippen LogP contribution in [0.5, 0.6) is 0 Å². The quantitative estimate of drug-likeness (QED) is 0.431. The molecular weight excluding hydrogens is 482 g/mol. The Morgan fingerprint density at radius 3 is 2.18 bits per heavy atom. The minimum Gasteiger partial charge on any atom is -0.550 e. The zero-order chi connectivity index (χ0) is 28.4. The number of hydrogen-bond acceptors (Lipinski definition) is 3. The van der Waals surface area contributed by atoms with E-state index in [0.717, 1.165) is 44.9 Å². The highest BCUT2D eigenvalue weighted by Gasteiger charge is 2.68. The topological polar surface area (TPSA) is 77.0 Å². The predicted molar refractivity (Wildman–Crippen MR) is 155 cm³/mol. The number of carboxylic acid groups (broad SMARTS) is 1. The molecule has 10 atom stereocenters. The van der Waals surface area contributed by atoms with Crippen LogP contribution >= 0.6 is 0 Å². The maximum absolute atomic E-state index is 12.7. The number of aliphatic hydroxyl groups excluding tert-OH is 1. The van der Waals surface area contributed by atoms with Crippen molar-refractivity contribution in [1.29, 1.82) is 0 Å². The molecule has 3 N–H and O–H groups in total. The Bertz CT molecular complexity index is 957. The van der Waals surface area contributed by atoms with Gasteiger partial charge >= 0.3 is 0 Å². The normalized spacial score (nSPS) is 50.5. The molecule has 0 spiro atoms. The van der Waals surface area contributed by atoms with Crippen molar-refractivity contribution in [2.75, 3.05) is 13.1 Å². The van der Waals surface area contributed by atoms with Gasteiger partial charge in [0.05, 0.1) is 19.2 Å². The number of fused-ring (bicyclic) bond motifs is 7. The van der Waals surface area contributed by atoms with E-state index in [-0.39, 0.29) is 33.7 Å². The first-order chi connectivity index (χ1) is 18.3. The van der Waals surface area contributed by atoms with Crippen molar-refractivity contribution >= 4 is 5.97 Å². The van der Waals surface area contributed by atoms with Crippen LogP contribution in [0.2, 0.25) is 0 Å². The van der Waals surface area contributed by atoms with Crippen molar-refractivity contribution < 1.29 is 20.3 Å². The molecule has 0 bridgehead atoms.